The van der Waals surface area contributed by atoms with Crippen LogP contribution in [-0.4, -0.2) is 35.6 Å². The number of benzene rings is 1. The van der Waals surface area contributed by atoms with Crippen molar-refractivity contribution in [1.82, 2.24) is 29.5 Å². The van der Waals surface area contributed by atoms with Crippen molar-refractivity contribution < 1.29 is 9.18 Å². The molecular weight excluding hydrogens is 363 g/mol. The molecule has 1 amide bonds. The SMILES string of the molecule is CC(C)n1cnnc1-c1cccc(NC(=O)n2nc(N)c3c(F)cccc32)n1. The van der Waals surface area contributed by atoms with Gasteiger partial charge in [-0.25, -0.2) is 14.2 Å². The smallest absolute Gasteiger partial charge is 0.348 e. The minimum atomic E-state index is -0.609. The van der Waals surface area contributed by atoms with Crippen LogP contribution in [0.2, 0.25) is 0 Å². The molecule has 0 atom stereocenters. The molecule has 4 rings (SSSR count). The van der Waals surface area contributed by atoms with E-state index in [-0.39, 0.29) is 22.8 Å². The number of pyridine rings is 1. The number of anilines is 2. The van der Waals surface area contributed by atoms with Gasteiger partial charge in [-0.1, -0.05) is 12.1 Å². The molecule has 0 saturated heterocycles. The van der Waals surface area contributed by atoms with Crippen molar-refractivity contribution in [3.8, 4) is 11.5 Å². The molecule has 9 nitrogen and oxygen atoms in total. The molecule has 0 fully saturated rings. The fraction of sp³-hybridized carbons (Fsp3) is 0.167. The lowest BCUT2D eigenvalue weighted by molar-refractivity contribution is 0.252. The number of carbonyl (C=O) groups excluding carboxylic acids is 1. The normalized spacial score (nSPS) is 11.3. The third-order valence-corrected chi connectivity index (χ3v) is 4.22. The molecule has 3 aromatic heterocycles. The summed E-state index contributed by atoms with van der Waals surface area (Å²) in [5.41, 5.74) is 6.58. The molecule has 10 heteroatoms. The van der Waals surface area contributed by atoms with Gasteiger partial charge in [-0.15, -0.1) is 15.3 Å². The van der Waals surface area contributed by atoms with Gasteiger partial charge in [0, 0.05) is 6.04 Å². The minimum Gasteiger partial charge on any atom is -0.382 e. The number of nitrogens with one attached hydrogen (secondary N) is 1. The van der Waals surface area contributed by atoms with Crippen LogP contribution in [0.1, 0.15) is 19.9 Å². The number of nitrogen functional groups attached to an aromatic ring is 1. The van der Waals surface area contributed by atoms with Gasteiger partial charge in [0.15, 0.2) is 11.6 Å². The van der Waals surface area contributed by atoms with E-state index in [2.05, 4.69) is 25.6 Å². The highest BCUT2D eigenvalue weighted by Crippen LogP contribution is 2.24. The van der Waals surface area contributed by atoms with Crippen LogP contribution in [-0.2, 0) is 0 Å². The summed E-state index contributed by atoms with van der Waals surface area (Å²) < 4.78 is 16.9. The van der Waals surface area contributed by atoms with Crippen LogP contribution in [0.4, 0.5) is 20.8 Å². The van der Waals surface area contributed by atoms with Gasteiger partial charge >= 0.3 is 6.03 Å². The fourth-order valence-corrected chi connectivity index (χ4v) is 2.90. The van der Waals surface area contributed by atoms with E-state index in [9.17, 15) is 9.18 Å². The molecule has 0 aliphatic rings. The van der Waals surface area contributed by atoms with E-state index in [0.29, 0.717) is 17.3 Å². The highest BCUT2D eigenvalue weighted by molar-refractivity contribution is 6.00. The zero-order valence-corrected chi connectivity index (χ0v) is 15.2. The van der Waals surface area contributed by atoms with Gasteiger partial charge in [-0.2, -0.15) is 4.68 Å². The van der Waals surface area contributed by atoms with Crippen molar-refractivity contribution in [2.45, 2.75) is 19.9 Å². The molecule has 28 heavy (non-hydrogen) atoms. The summed E-state index contributed by atoms with van der Waals surface area (Å²) >= 11 is 0. The average molecular weight is 380 g/mol. The summed E-state index contributed by atoms with van der Waals surface area (Å²) in [6.07, 6.45) is 1.63. The van der Waals surface area contributed by atoms with Gasteiger partial charge in [0.2, 0.25) is 0 Å². The van der Waals surface area contributed by atoms with E-state index in [1.165, 1.54) is 12.1 Å². The molecule has 3 N–H and O–H groups in total. The number of hydrogen-bond acceptors (Lipinski definition) is 6. The van der Waals surface area contributed by atoms with E-state index < -0.39 is 11.8 Å². The molecule has 0 saturated carbocycles. The maximum Gasteiger partial charge on any atom is 0.348 e. The monoisotopic (exact) mass is 380 g/mol. The second-order valence-corrected chi connectivity index (χ2v) is 6.42. The molecule has 0 unspecified atom stereocenters. The third-order valence-electron chi connectivity index (χ3n) is 4.22. The van der Waals surface area contributed by atoms with Crippen LogP contribution in [0.5, 0.6) is 0 Å². The van der Waals surface area contributed by atoms with E-state index in [0.717, 1.165) is 4.68 Å². The number of hydrogen-bond donors (Lipinski definition) is 2. The summed E-state index contributed by atoms with van der Waals surface area (Å²) in [7, 11) is 0. The Bertz CT molecular complexity index is 1180. The van der Waals surface area contributed by atoms with E-state index in [1.807, 2.05) is 18.4 Å². The topological polar surface area (TPSA) is 117 Å². The number of halogens is 1. The van der Waals surface area contributed by atoms with Crippen molar-refractivity contribution in [3.05, 3.63) is 48.5 Å². The van der Waals surface area contributed by atoms with Gasteiger partial charge in [0.1, 0.15) is 23.7 Å². The predicted molar refractivity (Wildman–Crippen MR) is 102 cm³/mol. The summed E-state index contributed by atoms with van der Waals surface area (Å²) in [6.45, 7) is 4.01. The lowest BCUT2D eigenvalue weighted by Gasteiger charge is -2.10. The van der Waals surface area contributed by atoms with Gasteiger partial charge in [0.05, 0.1) is 10.9 Å². The van der Waals surface area contributed by atoms with Crippen LogP contribution in [0.25, 0.3) is 22.4 Å². The van der Waals surface area contributed by atoms with Crippen molar-refractivity contribution >= 4 is 28.6 Å². The molecule has 0 bridgehead atoms. The zero-order chi connectivity index (χ0) is 19.8. The molecule has 0 aliphatic heterocycles. The van der Waals surface area contributed by atoms with Crippen molar-refractivity contribution in [3.63, 3.8) is 0 Å². The third kappa shape index (κ3) is 2.94. The number of amides is 1. The van der Waals surface area contributed by atoms with Crippen LogP contribution in [0.3, 0.4) is 0 Å². The maximum atomic E-state index is 14.0. The van der Waals surface area contributed by atoms with E-state index in [4.69, 9.17) is 5.73 Å². The van der Waals surface area contributed by atoms with Crippen molar-refractivity contribution in [2.24, 2.45) is 0 Å². The van der Waals surface area contributed by atoms with E-state index in [1.54, 1.807) is 30.6 Å². The first-order chi connectivity index (χ1) is 13.5. The number of carbonyl (C=O) groups is 1. The van der Waals surface area contributed by atoms with E-state index >= 15 is 0 Å². The summed E-state index contributed by atoms with van der Waals surface area (Å²) in [5, 5.41) is 14.7. The number of fused-ring (bicyclic) bond motifs is 1. The van der Waals surface area contributed by atoms with Crippen molar-refractivity contribution in [1.29, 1.82) is 0 Å². The number of nitrogens with two attached hydrogens (primary N) is 1. The Hall–Kier alpha value is -3.82. The molecule has 4 aromatic rings. The first-order valence-electron chi connectivity index (χ1n) is 8.56. The first kappa shape index (κ1) is 17.6. The Kier molecular flexibility index (Phi) is 4.22. The maximum absolute atomic E-state index is 14.0. The van der Waals surface area contributed by atoms with Gasteiger partial charge < -0.3 is 10.3 Å². The molecular formula is C18H17FN8O. The Morgan fingerprint density at radius 3 is 2.79 bits per heavy atom. The Morgan fingerprint density at radius 2 is 2.00 bits per heavy atom. The summed E-state index contributed by atoms with van der Waals surface area (Å²) in [5.74, 6) is 0.276. The van der Waals surface area contributed by atoms with Gasteiger partial charge in [0.25, 0.3) is 0 Å². The number of nitrogens with zero attached hydrogens (tertiary/aromatic N) is 6. The Morgan fingerprint density at radius 1 is 1.21 bits per heavy atom. The minimum absolute atomic E-state index is 0.0602. The average Bonchev–Trinajstić information content (AvgIpc) is 3.28. The van der Waals surface area contributed by atoms with Crippen LogP contribution >= 0.6 is 0 Å². The summed E-state index contributed by atoms with van der Waals surface area (Å²) in [6, 6.07) is 9.00. The second kappa shape index (κ2) is 6.72. The molecule has 0 spiro atoms. The Labute approximate surface area is 159 Å². The largest absolute Gasteiger partial charge is 0.382 e. The highest BCUT2D eigenvalue weighted by Gasteiger charge is 2.18. The molecule has 142 valence electrons. The zero-order valence-electron chi connectivity index (χ0n) is 15.2. The quantitative estimate of drug-likeness (QED) is 0.564. The van der Waals surface area contributed by atoms with Gasteiger partial charge in [-0.3, -0.25) is 5.32 Å². The fourth-order valence-electron chi connectivity index (χ4n) is 2.90. The Balaban J connectivity index is 1.66. The molecule has 3 heterocycles. The molecule has 0 radical (unpaired) electrons. The van der Waals surface area contributed by atoms with Crippen LogP contribution in [0, 0.1) is 5.82 Å². The highest BCUT2D eigenvalue weighted by atomic mass is 19.1. The molecule has 0 aliphatic carbocycles. The van der Waals surface area contributed by atoms with Crippen molar-refractivity contribution in [2.75, 3.05) is 11.1 Å². The standard InChI is InChI=1S/C18H17FN8O/c1-10(2)26-9-21-24-17(26)12-6-4-8-14(22-12)23-18(28)27-13-7-3-5-11(19)15(13)16(20)25-27/h3-10H,1-2H3,(H2,20,25)(H,22,23,28). The number of rotatable bonds is 3. The second-order valence-electron chi connectivity index (χ2n) is 6.42. The summed E-state index contributed by atoms with van der Waals surface area (Å²) in [4.78, 5) is 17.1. The van der Waals surface area contributed by atoms with Crippen LogP contribution < -0.4 is 11.1 Å². The lowest BCUT2D eigenvalue weighted by atomic mass is 10.2. The van der Waals surface area contributed by atoms with Gasteiger partial charge in [-0.05, 0) is 38.1 Å². The van der Waals surface area contributed by atoms with Crippen LogP contribution in [0.15, 0.2) is 42.7 Å². The first-order valence-corrected chi connectivity index (χ1v) is 8.56. The lowest BCUT2D eigenvalue weighted by Crippen LogP contribution is -2.21. The molecule has 1 aromatic carbocycles. The number of aromatic nitrogens is 6. The predicted octanol–water partition coefficient (Wildman–Crippen LogP) is 3.07.